The fourth-order valence-electron chi connectivity index (χ4n) is 3.15. The standard InChI is InChI=1S/C21H36O2/c1-5-6-7-8-9-10-11-12-13-14-15-19-20(22-3)16-18(2)17-21(19)23-4/h16-17H,5-15H2,1-4H3. The van der Waals surface area contributed by atoms with E-state index in [9.17, 15) is 0 Å². The van der Waals surface area contributed by atoms with Crippen molar-refractivity contribution in [1.29, 1.82) is 0 Å². The molecular formula is C21H36O2. The zero-order valence-corrected chi connectivity index (χ0v) is 15.7. The highest BCUT2D eigenvalue weighted by atomic mass is 16.5. The number of hydrogen-bond donors (Lipinski definition) is 0. The number of unbranched alkanes of at least 4 members (excludes halogenated alkanes) is 9. The Hall–Kier alpha value is -1.18. The van der Waals surface area contributed by atoms with Gasteiger partial charge in [-0.3, -0.25) is 0 Å². The Morgan fingerprint density at radius 3 is 1.57 bits per heavy atom. The van der Waals surface area contributed by atoms with Crippen LogP contribution in [0.4, 0.5) is 0 Å². The molecule has 1 aromatic carbocycles. The van der Waals surface area contributed by atoms with Crippen LogP contribution < -0.4 is 9.47 Å². The summed E-state index contributed by atoms with van der Waals surface area (Å²) in [5, 5.41) is 0. The molecule has 0 aliphatic carbocycles. The van der Waals surface area contributed by atoms with Crippen LogP contribution in [0.1, 0.15) is 82.3 Å². The molecule has 0 saturated carbocycles. The summed E-state index contributed by atoms with van der Waals surface area (Å²) < 4.78 is 11.1. The van der Waals surface area contributed by atoms with Crippen molar-refractivity contribution in [2.45, 2.75) is 84.5 Å². The second kappa shape index (κ2) is 12.3. The summed E-state index contributed by atoms with van der Waals surface area (Å²) in [5.74, 6) is 1.94. The molecule has 132 valence electrons. The van der Waals surface area contributed by atoms with E-state index in [-0.39, 0.29) is 0 Å². The molecule has 0 bridgehead atoms. The lowest BCUT2D eigenvalue weighted by Gasteiger charge is -2.14. The summed E-state index contributed by atoms with van der Waals surface area (Å²) in [4.78, 5) is 0. The molecule has 0 saturated heterocycles. The van der Waals surface area contributed by atoms with Gasteiger partial charge in [-0.05, 0) is 37.5 Å². The zero-order valence-electron chi connectivity index (χ0n) is 15.7. The molecule has 0 aliphatic rings. The SMILES string of the molecule is CCCCCCCCCCCCc1c(OC)cc(C)cc1OC. The van der Waals surface area contributed by atoms with Crippen molar-refractivity contribution in [2.75, 3.05) is 14.2 Å². The maximum atomic E-state index is 5.53. The first-order chi connectivity index (χ1) is 11.2. The Morgan fingerprint density at radius 1 is 0.696 bits per heavy atom. The van der Waals surface area contributed by atoms with Crippen LogP contribution >= 0.6 is 0 Å². The van der Waals surface area contributed by atoms with E-state index in [2.05, 4.69) is 26.0 Å². The topological polar surface area (TPSA) is 18.5 Å². The Labute approximate surface area is 143 Å². The maximum absolute atomic E-state index is 5.53. The summed E-state index contributed by atoms with van der Waals surface area (Å²) in [7, 11) is 3.49. The van der Waals surface area contributed by atoms with Gasteiger partial charge >= 0.3 is 0 Å². The minimum Gasteiger partial charge on any atom is -0.496 e. The van der Waals surface area contributed by atoms with Crippen molar-refractivity contribution in [2.24, 2.45) is 0 Å². The molecule has 0 spiro atoms. The first kappa shape index (κ1) is 19.9. The number of benzene rings is 1. The van der Waals surface area contributed by atoms with Gasteiger partial charge in [0.25, 0.3) is 0 Å². The molecule has 0 radical (unpaired) electrons. The van der Waals surface area contributed by atoms with Gasteiger partial charge in [-0.2, -0.15) is 0 Å². The van der Waals surface area contributed by atoms with Gasteiger partial charge in [0.05, 0.1) is 14.2 Å². The Balaban J connectivity index is 2.23. The first-order valence-electron chi connectivity index (χ1n) is 9.44. The van der Waals surface area contributed by atoms with E-state index < -0.39 is 0 Å². The monoisotopic (exact) mass is 320 g/mol. The van der Waals surface area contributed by atoms with E-state index in [0.717, 1.165) is 17.9 Å². The van der Waals surface area contributed by atoms with Crippen LogP contribution in [-0.4, -0.2) is 14.2 Å². The van der Waals surface area contributed by atoms with Crippen molar-refractivity contribution in [3.8, 4) is 11.5 Å². The van der Waals surface area contributed by atoms with Gasteiger partial charge in [-0.15, -0.1) is 0 Å². The van der Waals surface area contributed by atoms with Gasteiger partial charge in [0.15, 0.2) is 0 Å². The van der Waals surface area contributed by atoms with Crippen molar-refractivity contribution >= 4 is 0 Å². The number of methoxy groups -OCH3 is 2. The second-order valence-electron chi connectivity index (χ2n) is 6.58. The van der Waals surface area contributed by atoms with Crippen LogP contribution in [0.5, 0.6) is 11.5 Å². The summed E-state index contributed by atoms with van der Waals surface area (Å²) in [6.45, 7) is 4.35. The molecule has 0 N–H and O–H groups in total. The molecule has 0 aromatic heterocycles. The van der Waals surface area contributed by atoms with Gasteiger partial charge < -0.3 is 9.47 Å². The molecule has 0 heterocycles. The molecule has 0 amide bonds. The number of hydrogen-bond acceptors (Lipinski definition) is 2. The van der Waals surface area contributed by atoms with Gasteiger partial charge in [0.1, 0.15) is 11.5 Å². The third kappa shape index (κ3) is 7.76. The molecular weight excluding hydrogens is 284 g/mol. The van der Waals surface area contributed by atoms with Crippen LogP contribution in [0.15, 0.2) is 12.1 Å². The predicted molar refractivity (Wildman–Crippen MR) is 99.8 cm³/mol. The van der Waals surface area contributed by atoms with E-state index >= 15 is 0 Å². The lowest BCUT2D eigenvalue weighted by Crippen LogP contribution is -1.98. The smallest absolute Gasteiger partial charge is 0.126 e. The summed E-state index contributed by atoms with van der Waals surface area (Å²) >= 11 is 0. The number of aryl methyl sites for hydroxylation is 1. The van der Waals surface area contributed by atoms with Crippen molar-refractivity contribution in [3.63, 3.8) is 0 Å². The lowest BCUT2D eigenvalue weighted by molar-refractivity contribution is 0.383. The van der Waals surface area contributed by atoms with Crippen LogP contribution in [0.25, 0.3) is 0 Å². The van der Waals surface area contributed by atoms with Crippen LogP contribution in [0, 0.1) is 6.92 Å². The molecule has 2 heteroatoms. The highest BCUT2D eigenvalue weighted by Gasteiger charge is 2.10. The fraction of sp³-hybridized carbons (Fsp3) is 0.714. The zero-order chi connectivity index (χ0) is 16.9. The van der Waals surface area contributed by atoms with E-state index in [1.807, 2.05) is 0 Å². The highest BCUT2D eigenvalue weighted by Crippen LogP contribution is 2.31. The Morgan fingerprint density at radius 2 is 1.13 bits per heavy atom. The predicted octanol–water partition coefficient (Wildman–Crippen LogP) is 6.48. The van der Waals surface area contributed by atoms with Gasteiger partial charge in [0.2, 0.25) is 0 Å². The first-order valence-corrected chi connectivity index (χ1v) is 9.44. The van der Waals surface area contributed by atoms with Gasteiger partial charge in [-0.25, -0.2) is 0 Å². The van der Waals surface area contributed by atoms with Crippen LogP contribution in [0.3, 0.4) is 0 Å². The second-order valence-corrected chi connectivity index (χ2v) is 6.58. The normalized spacial score (nSPS) is 10.8. The third-order valence-electron chi connectivity index (χ3n) is 4.53. The molecule has 1 aromatic rings. The minimum atomic E-state index is 0.970. The van der Waals surface area contributed by atoms with Crippen LogP contribution in [-0.2, 0) is 6.42 Å². The minimum absolute atomic E-state index is 0.970. The summed E-state index contributed by atoms with van der Waals surface area (Å²) in [6.07, 6.45) is 14.7. The quantitative estimate of drug-likeness (QED) is 0.387. The van der Waals surface area contributed by atoms with E-state index in [1.54, 1.807) is 14.2 Å². The van der Waals surface area contributed by atoms with Crippen molar-refractivity contribution in [1.82, 2.24) is 0 Å². The van der Waals surface area contributed by atoms with E-state index in [1.165, 1.54) is 75.3 Å². The highest BCUT2D eigenvalue weighted by molar-refractivity contribution is 5.47. The third-order valence-corrected chi connectivity index (χ3v) is 4.53. The summed E-state index contributed by atoms with van der Waals surface area (Å²) in [6, 6.07) is 4.21. The molecule has 0 fully saturated rings. The molecule has 0 atom stereocenters. The molecule has 23 heavy (non-hydrogen) atoms. The fourth-order valence-corrected chi connectivity index (χ4v) is 3.15. The van der Waals surface area contributed by atoms with E-state index in [0.29, 0.717) is 0 Å². The lowest BCUT2D eigenvalue weighted by atomic mass is 10.0. The molecule has 0 unspecified atom stereocenters. The van der Waals surface area contributed by atoms with Crippen molar-refractivity contribution < 1.29 is 9.47 Å². The largest absolute Gasteiger partial charge is 0.496 e. The average Bonchev–Trinajstić information content (AvgIpc) is 2.56. The molecule has 1 rings (SSSR count). The Bertz CT molecular complexity index is 401. The number of ether oxygens (including phenoxy) is 2. The van der Waals surface area contributed by atoms with Gasteiger partial charge in [-0.1, -0.05) is 64.7 Å². The average molecular weight is 321 g/mol. The Kier molecular flexibility index (Phi) is 10.6. The van der Waals surface area contributed by atoms with Gasteiger partial charge in [0, 0.05) is 5.56 Å². The van der Waals surface area contributed by atoms with E-state index in [4.69, 9.17) is 9.47 Å². The van der Waals surface area contributed by atoms with Crippen molar-refractivity contribution in [3.05, 3.63) is 23.3 Å². The molecule has 2 nitrogen and oxygen atoms in total. The van der Waals surface area contributed by atoms with Crippen LogP contribution in [0.2, 0.25) is 0 Å². The maximum Gasteiger partial charge on any atom is 0.126 e. The molecule has 0 aliphatic heterocycles. The number of rotatable bonds is 13. The summed E-state index contributed by atoms with van der Waals surface area (Å²) in [5.41, 5.74) is 2.41.